The van der Waals surface area contributed by atoms with Crippen LogP contribution in [0.3, 0.4) is 0 Å². The van der Waals surface area contributed by atoms with Gasteiger partial charge in [-0.1, -0.05) is 11.2 Å². The van der Waals surface area contributed by atoms with Crippen LogP contribution in [0.5, 0.6) is 0 Å². The van der Waals surface area contributed by atoms with Gasteiger partial charge in [0.15, 0.2) is 5.82 Å². The zero-order chi connectivity index (χ0) is 25.3. The molecule has 0 spiro atoms. The lowest BCUT2D eigenvalue weighted by Crippen LogP contribution is -2.55. The summed E-state index contributed by atoms with van der Waals surface area (Å²) in [6.07, 6.45) is 5.29. The maximum atomic E-state index is 14.5. The van der Waals surface area contributed by atoms with Crippen LogP contribution >= 0.6 is 0 Å². The summed E-state index contributed by atoms with van der Waals surface area (Å²) in [5, 5.41) is 3.92. The van der Waals surface area contributed by atoms with Gasteiger partial charge in [-0.25, -0.2) is 8.78 Å². The number of hydrogen-bond donors (Lipinski definition) is 0. The van der Waals surface area contributed by atoms with E-state index in [4.69, 9.17) is 4.52 Å². The van der Waals surface area contributed by atoms with Crippen LogP contribution < -0.4 is 4.90 Å². The molecule has 6 aliphatic carbocycles. The lowest BCUT2D eigenvalue weighted by molar-refractivity contribution is -0.133. The fraction of sp³-hybridized carbons (Fsp3) is 0.667. The molecule has 0 radical (unpaired) electrons. The molecule has 5 nitrogen and oxygen atoms in total. The molecule has 1 amide bonds. The van der Waals surface area contributed by atoms with Gasteiger partial charge >= 0.3 is 5.92 Å². The lowest BCUT2D eigenvalue weighted by Gasteiger charge is -2.54. The molecule has 2 aromatic rings. The van der Waals surface area contributed by atoms with Gasteiger partial charge in [-0.15, -0.1) is 0 Å². The third kappa shape index (κ3) is 3.93. The second kappa shape index (κ2) is 8.28. The second-order valence-electron chi connectivity index (χ2n) is 11.8. The molecule has 1 heterocycles. The van der Waals surface area contributed by atoms with Crippen molar-refractivity contribution in [3.8, 4) is 0 Å². The van der Waals surface area contributed by atoms with E-state index in [2.05, 4.69) is 10.1 Å². The van der Waals surface area contributed by atoms with Crippen LogP contribution in [0.1, 0.15) is 76.4 Å². The number of hydrogen-bond acceptors (Lipinski definition) is 4. The highest BCUT2D eigenvalue weighted by Crippen LogP contribution is 2.58. The van der Waals surface area contributed by atoms with Gasteiger partial charge in [-0.3, -0.25) is 4.79 Å². The fourth-order valence-corrected chi connectivity index (χ4v) is 7.19. The number of fused-ring (bicyclic) bond motifs is 5. The van der Waals surface area contributed by atoms with Crippen molar-refractivity contribution in [2.75, 3.05) is 11.4 Å². The number of alkyl halides is 3. The number of anilines is 1. The van der Waals surface area contributed by atoms with Crippen LogP contribution in [0.25, 0.3) is 0 Å². The van der Waals surface area contributed by atoms with Crippen LogP contribution in [0.4, 0.5) is 23.2 Å². The van der Waals surface area contributed by atoms with E-state index in [0.29, 0.717) is 37.3 Å². The summed E-state index contributed by atoms with van der Waals surface area (Å²) in [6, 6.07) is 6.09. The maximum Gasteiger partial charge on any atom is 0.322 e. The van der Waals surface area contributed by atoms with Gasteiger partial charge in [0.05, 0.1) is 0 Å². The summed E-state index contributed by atoms with van der Waals surface area (Å²) in [6.45, 7) is 1.19. The predicted octanol–water partition coefficient (Wildman–Crippen LogP) is 6.33. The first-order chi connectivity index (χ1) is 17.1. The summed E-state index contributed by atoms with van der Waals surface area (Å²) in [7, 11) is 0. The smallest absolute Gasteiger partial charge is 0.322 e. The third-order valence-corrected chi connectivity index (χ3v) is 9.64. The van der Waals surface area contributed by atoms with Gasteiger partial charge in [-0.2, -0.15) is 13.8 Å². The van der Waals surface area contributed by atoms with Gasteiger partial charge in [0, 0.05) is 30.5 Å². The number of carbonyl (C=O) groups is 1. The molecule has 4 bridgehead atoms. The molecule has 2 atom stereocenters. The van der Waals surface area contributed by atoms with E-state index < -0.39 is 29.2 Å². The summed E-state index contributed by atoms with van der Waals surface area (Å²) in [5.41, 5.74) is -0.0490. The zero-order valence-electron chi connectivity index (χ0n) is 20.4. The van der Waals surface area contributed by atoms with Crippen molar-refractivity contribution in [3.05, 3.63) is 41.8 Å². The second-order valence-corrected chi connectivity index (χ2v) is 11.8. The molecule has 1 aromatic carbocycles. The molecular weight excluding hydrogens is 474 g/mol. The normalized spacial score (nSPS) is 35.4. The Morgan fingerprint density at radius 2 is 1.81 bits per heavy atom. The fourth-order valence-electron chi connectivity index (χ4n) is 7.19. The number of nitrogens with zero attached hydrogens (tertiary/aromatic N) is 3. The van der Waals surface area contributed by atoms with Crippen molar-refractivity contribution in [1.29, 1.82) is 0 Å². The largest absolute Gasteiger partial charge is 0.333 e. The van der Waals surface area contributed by atoms with Gasteiger partial charge < -0.3 is 9.42 Å². The van der Waals surface area contributed by atoms with Gasteiger partial charge in [0.1, 0.15) is 12.0 Å². The molecule has 36 heavy (non-hydrogen) atoms. The Labute approximate surface area is 207 Å². The van der Waals surface area contributed by atoms with E-state index >= 15 is 0 Å². The number of amides is 1. The lowest BCUT2D eigenvalue weighted by atomic mass is 9.53. The predicted molar refractivity (Wildman–Crippen MR) is 124 cm³/mol. The average Bonchev–Trinajstić information content (AvgIpc) is 3.34. The highest BCUT2D eigenvalue weighted by Gasteiger charge is 2.54. The SMILES string of the molecule is CC(F)(F)c1nc(C23CCC(CN(C(=O)C4CC(F)C5CC4C5)c4cccc(F)c4)(CC2)CC3)no1. The van der Waals surface area contributed by atoms with Gasteiger partial charge in [-0.05, 0) is 93.2 Å². The zero-order valence-corrected chi connectivity index (χ0v) is 20.4. The Bertz CT molecular complexity index is 1130. The van der Waals surface area contributed by atoms with E-state index in [1.54, 1.807) is 17.0 Å². The van der Waals surface area contributed by atoms with Crippen molar-refractivity contribution >= 4 is 11.6 Å². The van der Waals surface area contributed by atoms with Crippen LogP contribution in [0, 0.1) is 29.0 Å². The molecule has 0 saturated heterocycles. The standard InChI is InChI=1S/C27H31F4N3O2/c1-25(30,31)24-32-23(33-36-24)27-8-5-26(6-9-27,7-10-27)15-34(19-4-2-3-18(28)13-19)22(35)20-14-21(29)17-11-16(20)12-17/h2-4,13,16-17,20-21H,5-12,14-15H2,1H3. The van der Waals surface area contributed by atoms with Crippen molar-refractivity contribution in [3.63, 3.8) is 0 Å². The summed E-state index contributed by atoms with van der Waals surface area (Å²) in [4.78, 5) is 19.6. The maximum absolute atomic E-state index is 14.5. The number of aromatic nitrogens is 2. The summed E-state index contributed by atoms with van der Waals surface area (Å²) >= 11 is 0. The number of benzene rings is 1. The molecule has 0 N–H and O–H groups in total. The molecule has 2 unspecified atom stereocenters. The molecule has 6 aliphatic rings. The molecule has 6 fully saturated rings. The quantitative estimate of drug-likeness (QED) is 0.431. The highest BCUT2D eigenvalue weighted by atomic mass is 19.3. The first-order valence-corrected chi connectivity index (χ1v) is 13.0. The van der Waals surface area contributed by atoms with Crippen molar-refractivity contribution in [2.24, 2.45) is 23.2 Å². The molecular formula is C27H31F4N3O2. The molecule has 8 rings (SSSR count). The molecule has 194 valence electrons. The molecule has 0 aliphatic heterocycles. The molecule has 9 heteroatoms. The summed E-state index contributed by atoms with van der Waals surface area (Å²) in [5.74, 6) is -4.08. The minimum atomic E-state index is -3.18. The minimum Gasteiger partial charge on any atom is -0.333 e. The Morgan fingerprint density at radius 1 is 1.11 bits per heavy atom. The summed E-state index contributed by atoms with van der Waals surface area (Å²) < 4.78 is 60.9. The Hall–Kier alpha value is -2.45. The van der Waals surface area contributed by atoms with E-state index in [9.17, 15) is 22.4 Å². The average molecular weight is 506 g/mol. The van der Waals surface area contributed by atoms with Gasteiger partial charge in [0.25, 0.3) is 5.89 Å². The van der Waals surface area contributed by atoms with Crippen molar-refractivity contribution in [2.45, 2.75) is 82.2 Å². The number of halogens is 4. The van der Waals surface area contributed by atoms with Crippen LogP contribution in [-0.2, 0) is 16.1 Å². The van der Waals surface area contributed by atoms with E-state index in [1.807, 2.05) is 0 Å². The van der Waals surface area contributed by atoms with Crippen LogP contribution in [0.2, 0.25) is 0 Å². The Morgan fingerprint density at radius 3 is 2.39 bits per heavy atom. The van der Waals surface area contributed by atoms with Crippen molar-refractivity contribution < 1.29 is 26.9 Å². The Kier molecular flexibility index (Phi) is 5.50. The Balaban J connectivity index is 1.23. The first kappa shape index (κ1) is 23.9. The first-order valence-electron chi connectivity index (χ1n) is 13.0. The number of carbonyl (C=O) groups excluding carboxylic acids is 1. The van der Waals surface area contributed by atoms with Gasteiger partial charge in [0.2, 0.25) is 5.91 Å². The number of rotatable bonds is 6. The van der Waals surface area contributed by atoms with E-state index in [0.717, 1.165) is 39.0 Å². The van der Waals surface area contributed by atoms with Crippen LogP contribution in [-0.4, -0.2) is 28.8 Å². The van der Waals surface area contributed by atoms with E-state index in [-0.39, 0.29) is 35.5 Å². The minimum absolute atomic E-state index is 0.0865. The van der Waals surface area contributed by atoms with E-state index in [1.165, 1.54) is 12.1 Å². The topological polar surface area (TPSA) is 59.2 Å². The highest BCUT2D eigenvalue weighted by molar-refractivity contribution is 5.95. The molecule has 6 saturated carbocycles. The van der Waals surface area contributed by atoms with Crippen LogP contribution in [0.15, 0.2) is 28.8 Å². The van der Waals surface area contributed by atoms with Crippen molar-refractivity contribution in [1.82, 2.24) is 10.1 Å². The monoisotopic (exact) mass is 505 g/mol. The molecule has 1 aromatic heterocycles. The third-order valence-electron chi connectivity index (χ3n) is 9.64.